The van der Waals surface area contributed by atoms with E-state index in [1.54, 1.807) is 9.36 Å². The molecule has 2 aromatic carbocycles. The van der Waals surface area contributed by atoms with Gasteiger partial charge in [-0.3, -0.25) is 14.3 Å². The van der Waals surface area contributed by atoms with Crippen LogP contribution in [0.3, 0.4) is 0 Å². The number of carbonyl (C=O) groups excluding carboxylic acids is 1. The first-order valence-electron chi connectivity index (χ1n) is 10.7. The molecule has 1 aliphatic rings. The summed E-state index contributed by atoms with van der Waals surface area (Å²) in [6.45, 7) is 3.86. The molecule has 3 heterocycles. The van der Waals surface area contributed by atoms with Crippen LogP contribution < -0.4 is 10.5 Å². The number of hydrogen-bond acceptors (Lipinski definition) is 8. The molecule has 1 amide bonds. The molecule has 0 N–H and O–H groups in total. The summed E-state index contributed by atoms with van der Waals surface area (Å²) in [7, 11) is 1.82. The molecule has 0 aliphatic carbocycles. The molecule has 1 fully saturated rings. The number of hydrogen-bond donors (Lipinski definition) is 0. The Hall–Kier alpha value is -3.41. The molecule has 1 aliphatic heterocycles. The van der Waals surface area contributed by atoms with Crippen LogP contribution in [-0.2, 0) is 11.8 Å². The highest BCUT2D eigenvalue weighted by Gasteiger charge is 2.33. The van der Waals surface area contributed by atoms with E-state index in [2.05, 4.69) is 10.2 Å². The van der Waals surface area contributed by atoms with Crippen LogP contribution in [0.4, 0.5) is 15.8 Å². The van der Waals surface area contributed by atoms with Crippen molar-refractivity contribution in [2.75, 3.05) is 10.7 Å². The fourth-order valence-electron chi connectivity index (χ4n) is 3.72. The monoisotopic (exact) mass is 520 g/mol. The minimum atomic E-state index is -0.232. The standard InChI is InChI=1S/C24H20N6O2S3/c1-14-9-11-16(12-10-14)26-27-21-20(25-23(35-21)29-18(31)13-34-24(29)33)19-15(2)28(3)30(22(19)32)17-7-5-4-6-8-17/h4-12H,13H2,1-3H3. The van der Waals surface area contributed by atoms with Crippen LogP contribution >= 0.6 is 35.3 Å². The Labute approximate surface area is 214 Å². The number of benzene rings is 2. The van der Waals surface area contributed by atoms with Crippen LogP contribution in [0.5, 0.6) is 0 Å². The van der Waals surface area contributed by atoms with Crippen LogP contribution in [0.15, 0.2) is 69.6 Å². The Morgan fingerprint density at radius 3 is 2.37 bits per heavy atom. The number of azo groups is 1. The van der Waals surface area contributed by atoms with E-state index < -0.39 is 0 Å². The van der Waals surface area contributed by atoms with Gasteiger partial charge in [-0.05, 0) is 38.1 Å². The highest BCUT2D eigenvalue weighted by atomic mass is 32.2. The SMILES string of the molecule is Cc1ccc(N=Nc2sc(N3C(=O)CSC3=S)nc2-c2c(C)n(C)n(-c3ccccc3)c2=O)cc1. The van der Waals surface area contributed by atoms with Crippen LogP contribution in [0, 0.1) is 13.8 Å². The van der Waals surface area contributed by atoms with Gasteiger partial charge in [0.2, 0.25) is 11.0 Å². The Morgan fingerprint density at radius 1 is 1.00 bits per heavy atom. The van der Waals surface area contributed by atoms with E-state index in [4.69, 9.17) is 17.2 Å². The van der Waals surface area contributed by atoms with E-state index in [-0.39, 0.29) is 17.2 Å². The number of thiazole rings is 1. The van der Waals surface area contributed by atoms with Crippen molar-refractivity contribution in [2.24, 2.45) is 17.3 Å². The molecule has 2 aromatic heterocycles. The largest absolute Gasteiger partial charge is 0.285 e. The molecule has 0 radical (unpaired) electrons. The van der Waals surface area contributed by atoms with Crippen molar-refractivity contribution in [3.63, 3.8) is 0 Å². The number of nitrogens with zero attached hydrogens (tertiary/aromatic N) is 6. The average Bonchev–Trinajstić information content (AvgIpc) is 3.47. The van der Waals surface area contributed by atoms with Gasteiger partial charge in [-0.1, -0.05) is 71.2 Å². The first-order chi connectivity index (χ1) is 16.8. The number of rotatable bonds is 5. The zero-order chi connectivity index (χ0) is 24.7. The van der Waals surface area contributed by atoms with Crippen molar-refractivity contribution < 1.29 is 4.79 Å². The average molecular weight is 521 g/mol. The highest BCUT2D eigenvalue weighted by Crippen LogP contribution is 2.42. The summed E-state index contributed by atoms with van der Waals surface area (Å²) in [4.78, 5) is 32.3. The summed E-state index contributed by atoms with van der Waals surface area (Å²) in [5, 5.41) is 9.63. The molecule has 0 saturated carbocycles. The van der Waals surface area contributed by atoms with Gasteiger partial charge in [-0.15, -0.1) is 10.2 Å². The minimum Gasteiger partial charge on any atom is -0.285 e. The predicted molar refractivity (Wildman–Crippen MR) is 145 cm³/mol. The minimum absolute atomic E-state index is 0.145. The lowest BCUT2D eigenvalue weighted by atomic mass is 10.2. The van der Waals surface area contributed by atoms with Gasteiger partial charge in [-0.25, -0.2) is 14.6 Å². The number of aromatic nitrogens is 3. The highest BCUT2D eigenvalue weighted by molar-refractivity contribution is 8.24. The molecule has 1 saturated heterocycles. The second-order valence-corrected chi connectivity index (χ2v) is 10.5. The number of amides is 1. The number of thioether (sulfide) groups is 1. The first-order valence-corrected chi connectivity index (χ1v) is 12.9. The molecule has 35 heavy (non-hydrogen) atoms. The van der Waals surface area contributed by atoms with Crippen LogP contribution in [-0.4, -0.2) is 30.3 Å². The molecule has 11 heteroatoms. The van der Waals surface area contributed by atoms with E-state index >= 15 is 0 Å². The fourth-order valence-corrected chi connectivity index (χ4v) is 5.82. The molecule has 5 rings (SSSR count). The van der Waals surface area contributed by atoms with E-state index in [1.165, 1.54) is 28.0 Å². The summed E-state index contributed by atoms with van der Waals surface area (Å²) < 4.78 is 3.81. The van der Waals surface area contributed by atoms with Crippen molar-refractivity contribution in [1.29, 1.82) is 0 Å². The van der Waals surface area contributed by atoms with E-state index in [0.717, 1.165) is 11.3 Å². The fraction of sp³-hybridized carbons (Fsp3) is 0.167. The number of carbonyl (C=O) groups is 1. The second-order valence-electron chi connectivity index (χ2n) is 7.91. The van der Waals surface area contributed by atoms with E-state index in [1.807, 2.05) is 75.5 Å². The predicted octanol–water partition coefficient (Wildman–Crippen LogP) is 5.70. The first kappa shape index (κ1) is 23.3. The summed E-state index contributed by atoms with van der Waals surface area (Å²) in [6, 6.07) is 17.0. The molecule has 0 atom stereocenters. The topological polar surface area (TPSA) is 84.8 Å². The maximum atomic E-state index is 13.7. The maximum Gasteiger partial charge on any atom is 0.281 e. The van der Waals surface area contributed by atoms with Crippen molar-refractivity contribution in [3.8, 4) is 16.9 Å². The number of anilines is 1. The van der Waals surface area contributed by atoms with Gasteiger partial charge in [0.25, 0.3) is 5.56 Å². The lowest BCUT2D eigenvalue weighted by molar-refractivity contribution is -0.115. The smallest absolute Gasteiger partial charge is 0.281 e. The number of thiocarbonyl (C=S) groups is 1. The second kappa shape index (κ2) is 9.33. The van der Waals surface area contributed by atoms with Gasteiger partial charge in [-0.2, -0.15) is 0 Å². The third kappa shape index (κ3) is 4.26. The number of aryl methyl sites for hydroxylation is 1. The van der Waals surface area contributed by atoms with Crippen LogP contribution in [0.25, 0.3) is 16.9 Å². The van der Waals surface area contributed by atoms with Gasteiger partial charge in [0, 0.05) is 12.7 Å². The van der Waals surface area contributed by atoms with E-state index in [9.17, 15) is 9.59 Å². The summed E-state index contributed by atoms with van der Waals surface area (Å²) >= 11 is 7.85. The molecule has 176 valence electrons. The lowest BCUT2D eigenvalue weighted by Gasteiger charge is -2.09. The summed E-state index contributed by atoms with van der Waals surface area (Å²) in [5.41, 5.74) is 3.79. The van der Waals surface area contributed by atoms with Crippen molar-refractivity contribution in [1.82, 2.24) is 14.3 Å². The van der Waals surface area contributed by atoms with Crippen molar-refractivity contribution in [2.45, 2.75) is 13.8 Å². The maximum absolute atomic E-state index is 13.7. The zero-order valence-electron chi connectivity index (χ0n) is 19.1. The van der Waals surface area contributed by atoms with Crippen molar-refractivity contribution in [3.05, 3.63) is 76.2 Å². The summed E-state index contributed by atoms with van der Waals surface area (Å²) in [6.07, 6.45) is 0. The van der Waals surface area contributed by atoms with Gasteiger partial charge >= 0.3 is 0 Å². The lowest BCUT2D eigenvalue weighted by Crippen LogP contribution is -2.27. The van der Waals surface area contributed by atoms with Crippen molar-refractivity contribution >= 4 is 61.4 Å². The molecular weight excluding hydrogens is 501 g/mol. The van der Waals surface area contributed by atoms with E-state index in [0.29, 0.717) is 37.1 Å². The molecule has 8 nitrogen and oxygen atoms in total. The Kier molecular flexibility index (Phi) is 6.22. The molecular formula is C24H20N6O2S3. The normalized spacial score (nSPS) is 14.0. The third-order valence-electron chi connectivity index (χ3n) is 5.62. The third-order valence-corrected chi connectivity index (χ3v) is 7.90. The molecule has 0 bridgehead atoms. The number of para-hydroxylation sites is 1. The van der Waals surface area contributed by atoms with Gasteiger partial charge < -0.3 is 0 Å². The zero-order valence-corrected chi connectivity index (χ0v) is 21.6. The molecule has 0 unspecified atom stereocenters. The van der Waals surface area contributed by atoms with Crippen LogP contribution in [0.1, 0.15) is 11.3 Å². The van der Waals surface area contributed by atoms with Crippen LogP contribution in [0.2, 0.25) is 0 Å². The molecule has 4 aromatic rings. The Balaban J connectivity index is 1.68. The summed E-state index contributed by atoms with van der Waals surface area (Å²) in [5.74, 6) is 0.118. The quantitative estimate of drug-likeness (QED) is 0.249. The Morgan fingerprint density at radius 2 is 1.71 bits per heavy atom. The van der Waals surface area contributed by atoms with Gasteiger partial charge in [0.05, 0.1) is 22.7 Å². The van der Waals surface area contributed by atoms with Gasteiger partial charge in [0.15, 0.2) is 5.00 Å². The van der Waals surface area contributed by atoms with Gasteiger partial charge in [0.1, 0.15) is 10.0 Å². The molecule has 0 spiro atoms. The Bertz CT molecular complexity index is 1520.